The third-order valence-corrected chi connectivity index (χ3v) is 3.43. The van der Waals surface area contributed by atoms with Gasteiger partial charge >= 0.3 is 0 Å². The normalized spacial score (nSPS) is 26.5. The highest BCUT2D eigenvalue weighted by Gasteiger charge is 2.28. The smallest absolute Gasteiger partial charge is 0.237 e. The second-order valence-corrected chi connectivity index (χ2v) is 4.81. The SMILES string of the molecule is CC(NC(=O)C1NCCCC1C)c1cn[nH]c1. The molecule has 0 bridgehead atoms. The molecule has 3 N–H and O–H groups in total. The molecule has 0 spiro atoms. The highest BCUT2D eigenvalue weighted by Crippen LogP contribution is 2.17. The Labute approximate surface area is 101 Å². The van der Waals surface area contributed by atoms with Crippen LogP contribution in [0.15, 0.2) is 12.4 Å². The van der Waals surface area contributed by atoms with Gasteiger partial charge in [0.25, 0.3) is 0 Å². The molecule has 5 heteroatoms. The first kappa shape index (κ1) is 12.1. The molecule has 2 rings (SSSR count). The first-order valence-corrected chi connectivity index (χ1v) is 6.21. The van der Waals surface area contributed by atoms with Gasteiger partial charge in [-0.1, -0.05) is 6.92 Å². The number of aromatic amines is 1. The zero-order valence-electron chi connectivity index (χ0n) is 10.4. The van der Waals surface area contributed by atoms with Crippen LogP contribution in [0.2, 0.25) is 0 Å². The molecular weight excluding hydrogens is 216 g/mol. The molecule has 94 valence electrons. The number of rotatable bonds is 3. The van der Waals surface area contributed by atoms with Crippen molar-refractivity contribution < 1.29 is 4.79 Å². The van der Waals surface area contributed by atoms with Gasteiger partial charge in [0, 0.05) is 11.8 Å². The zero-order chi connectivity index (χ0) is 12.3. The summed E-state index contributed by atoms with van der Waals surface area (Å²) in [6.45, 7) is 5.03. The highest BCUT2D eigenvalue weighted by molar-refractivity contribution is 5.82. The fourth-order valence-electron chi connectivity index (χ4n) is 2.28. The average molecular weight is 236 g/mol. The summed E-state index contributed by atoms with van der Waals surface area (Å²) >= 11 is 0. The molecule has 1 aromatic rings. The Balaban J connectivity index is 1.92. The summed E-state index contributed by atoms with van der Waals surface area (Å²) in [4.78, 5) is 12.1. The number of carbonyl (C=O) groups excluding carboxylic acids is 1. The molecule has 17 heavy (non-hydrogen) atoms. The van der Waals surface area contributed by atoms with Crippen molar-refractivity contribution in [2.45, 2.75) is 38.8 Å². The number of amides is 1. The van der Waals surface area contributed by atoms with Crippen molar-refractivity contribution in [1.82, 2.24) is 20.8 Å². The first-order chi connectivity index (χ1) is 8.18. The molecule has 1 aromatic heterocycles. The Bertz CT molecular complexity index is 363. The monoisotopic (exact) mass is 236 g/mol. The van der Waals surface area contributed by atoms with E-state index in [1.54, 1.807) is 6.20 Å². The number of nitrogens with zero attached hydrogens (tertiary/aromatic N) is 1. The lowest BCUT2D eigenvalue weighted by Gasteiger charge is -2.29. The fourth-order valence-corrected chi connectivity index (χ4v) is 2.28. The maximum absolute atomic E-state index is 12.1. The molecule has 1 aliphatic rings. The number of hydrogen-bond acceptors (Lipinski definition) is 3. The fraction of sp³-hybridized carbons (Fsp3) is 0.667. The zero-order valence-corrected chi connectivity index (χ0v) is 10.4. The van der Waals surface area contributed by atoms with E-state index in [4.69, 9.17) is 0 Å². The lowest BCUT2D eigenvalue weighted by molar-refractivity contribution is -0.125. The summed E-state index contributed by atoms with van der Waals surface area (Å²) in [6.07, 6.45) is 5.82. The lowest BCUT2D eigenvalue weighted by Crippen LogP contribution is -2.51. The van der Waals surface area contributed by atoms with Gasteiger partial charge < -0.3 is 10.6 Å². The van der Waals surface area contributed by atoms with Gasteiger partial charge in [0.15, 0.2) is 0 Å². The first-order valence-electron chi connectivity index (χ1n) is 6.21. The molecule has 1 amide bonds. The molecule has 1 fully saturated rings. The quantitative estimate of drug-likeness (QED) is 0.732. The van der Waals surface area contributed by atoms with E-state index < -0.39 is 0 Å². The summed E-state index contributed by atoms with van der Waals surface area (Å²) < 4.78 is 0. The van der Waals surface area contributed by atoms with Crippen LogP contribution in [0.25, 0.3) is 0 Å². The van der Waals surface area contributed by atoms with Crippen LogP contribution in [0.5, 0.6) is 0 Å². The molecule has 3 atom stereocenters. The minimum absolute atomic E-state index is 0.00261. The van der Waals surface area contributed by atoms with E-state index in [0.717, 1.165) is 24.9 Å². The Morgan fingerprint density at radius 3 is 3.12 bits per heavy atom. The Morgan fingerprint density at radius 1 is 1.65 bits per heavy atom. The van der Waals surface area contributed by atoms with Crippen LogP contribution in [0.1, 0.15) is 38.3 Å². The molecule has 1 saturated heterocycles. The van der Waals surface area contributed by atoms with Crippen molar-refractivity contribution >= 4 is 5.91 Å². The van der Waals surface area contributed by atoms with Crippen molar-refractivity contribution in [2.75, 3.05) is 6.54 Å². The summed E-state index contributed by atoms with van der Waals surface area (Å²) in [6, 6.07) is -0.0599. The van der Waals surface area contributed by atoms with E-state index in [-0.39, 0.29) is 18.0 Å². The van der Waals surface area contributed by atoms with Gasteiger partial charge in [-0.25, -0.2) is 0 Å². The molecule has 0 aromatic carbocycles. The summed E-state index contributed by atoms with van der Waals surface area (Å²) in [7, 11) is 0. The molecule has 1 aliphatic heterocycles. The predicted octanol–water partition coefficient (Wildman–Crippen LogP) is 0.975. The van der Waals surface area contributed by atoms with E-state index in [9.17, 15) is 4.79 Å². The van der Waals surface area contributed by atoms with Crippen LogP contribution in [-0.4, -0.2) is 28.7 Å². The number of nitrogens with one attached hydrogen (secondary N) is 3. The lowest BCUT2D eigenvalue weighted by atomic mass is 9.92. The Hall–Kier alpha value is -1.36. The van der Waals surface area contributed by atoms with Crippen molar-refractivity contribution in [1.29, 1.82) is 0 Å². The molecule has 5 nitrogen and oxygen atoms in total. The van der Waals surface area contributed by atoms with Crippen LogP contribution in [0.3, 0.4) is 0 Å². The minimum Gasteiger partial charge on any atom is -0.348 e. The standard InChI is InChI=1S/C12H20N4O/c1-8-4-3-5-13-11(8)12(17)16-9(2)10-6-14-15-7-10/h6-9,11,13H,3-5H2,1-2H3,(H,14,15)(H,16,17). The van der Waals surface area contributed by atoms with Gasteiger partial charge in [-0.15, -0.1) is 0 Å². The van der Waals surface area contributed by atoms with E-state index in [2.05, 4.69) is 27.8 Å². The Morgan fingerprint density at radius 2 is 2.47 bits per heavy atom. The van der Waals surface area contributed by atoms with E-state index in [1.807, 2.05) is 13.1 Å². The summed E-state index contributed by atoms with van der Waals surface area (Å²) in [5.74, 6) is 0.492. The third kappa shape index (κ3) is 2.85. The number of piperidine rings is 1. The van der Waals surface area contributed by atoms with Gasteiger partial charge in [-0.3, -0.25) is 9.89 Å². The van der Waals surface area contributed by atoms with Gasteiger partial charge in [-0.2, -0.15) is 5.10 Å². The molecule has 2 heterocycles. The second kappa shape index (κ2) is 5.31. The van der Waals surface area contributed by atoms with Crippen molar-refractivity contribution in [3.8, 4) is 0 Å². The molecule has 3 unspecified atom stereocenters. The molecular formula is C12H20N4O. The number of carbonyl (C=O) groups is 1. The minimum atomic E-state index is -0.0573. The van der Waals surface area contributed by atoms with Crippen molar-refractivity contribution in [2.24, 2.45) is 5.92 Å². The van der Waals surface area contributed by atoms with Gasteiger partial charge in [0.1, 0.15) is 0 Å². The van der Waals surface area contributed by atoms with Crippen molar-refractivity contribution in [3.63, 3.8) is 0 Å². The van der Waals surface area contributed by atoms with E-state index >= 15 is 0 Å². The van der Waals surface area contributed by atoms with E-state index in [1.165, 1.54) is 0 Å². The number of H-pyrrole nitrogens is 1. The summed E-state index contributed by atoms with van der Waals surface area (Å²) in [5.41, 5.74) is 1.00. The summed E-state index contributed by atoms with van der Waals surface area (Å²) in [5, 5.41) is 12.9. The van der Waals surface area contributed by atoms with Gasteiger partial charge in [0.2, 0.25) is 5.91 Å². The van der Waals surface area contributed by atoms with Gasteiger partial charge in [-0.05, 0) is 32.2 Å². The number of hydrogen-bond donors (Lipinski definition) is 3. The maximum Gasteiger partial charge on any atom is 0.237 e. The highest BCUT2D eigenvalue weighted by atomic mass is 16.2. The largest absolute Gasteiger partial charge is 0.348 e. The molecule has 0 aliphatic carbocycles. The van der Waals surface area contributed by atoms with Crippen molar-refractivity contribution in [3.05, 3.63) is 18.0 Å². The van der Waals surface area contributed by atoms with Crippen LogP contribution in [0, 0.1) is 5.92 Å². The van der Waals surface area contributed by atoms with Crippen LogP contribution in [-0.2, 0) is 4.79 Å². The number of aromatic nitrogens is 2. The maximum atomic E-state index is 12.1. The second-order valence-electron chi connectivity index (χ2n) is 4.81. The topological polar surface area (TPSA) is 69.8 Å². The predicted molar refractivity (Wildman–Crippen MR) is 65.3 cm³/mol. The average Bonchev–Trinajstić information content (AvgIpc) is 2.82. The van der Waals surface area contributed by atoms with Crippen LogP contribution >= 0.6 is 0 Å². The van der Waals surface area contributed by atoms with Gasteiger partial charge in [0.05, 0.1) is 18.3 Å². The molecule has 0 radical (unpaired) electrons. The van der Waals surface area contributed by atoms with Crippen LogP contribution < -0.4 is 10.6 Å². The van der Waals surface area contributed by atoms with E-state index in [0.29, 0.717) is 5.92 Å². The Kier molecular flexibility index (Phi) is 3.78. The molecule has 0 saturated carbocycles. The third-order valence-electron chi connectivity index (χ3n) is 3.43. The van der Waals surface area contributed by atoms with Crippen LogP contribution in [0.4, 0.5) is 0 Å².